The van der Waals surface area contributed by atoms with Crippen LogP contribution >= 0.6 is 0 Å². The topological polar surface area (TPSA) is 51.4 Å². The number of hydrogen-bond donors (Lipinski definition) is 1. The van der Waals surface area contributed by atoms with Crippen LogP contribution in [0.3, 0.4) is 0 Å². The smallest absolute Gasteiger partial charge is 0.239 e. The Hall–Kier alpha value is -1.45. The van der Waals surface area contributed by atoms with E-state index in [1.807, 2.05) is 13.0 Å². The SMILES string of the molecule is CCOc1nc(N2CCC[C@H]3CCCC[C@H]32)ccc1N. The van der Waals surface area contributed by atoms with Crippen molar-refractivity contribution < 1.29 is 4.74 Å². The highest BCUT2D eigenvalue weighted by atomic mass is 16.5. The number of rotatable bonds is 3. The summed E-state index contributed by atoms with van der Waals surface area (Å²) in [5.41, 5.74) is 6.56. The van der Waals surface area contributed by atoms with E-state index in [1.165, 1.54) is 38.5 Å². The lowest BCUT2D eigenvalue weighted by Crippen LogP contribution is -2.47. The van der Waals surface area contributed by atoms with Crippen LogP contribution in [0.5, 0.6) is 5.88 Å². The van der Waals surface area contributed by atoms with E-state index in [9.17, 15) is 0 Å². The highest BCUT2D eigenvalue weighted by molar-refractivity contribution is 5.55. The maximum Gasteiger partial charge on any atom is 0.239 e. The van der Waals surface area contributed by atoms with Gasteiger partial charge in [-0.25, -0.2) is 0 Å². The van der Waals surface area contributed by atoms with Crippen molar-refractivity contribution in [3.05, 3.63) is 12.1 Å². The predicted molar refractivity (Wildman–Crippen MR) is 82.1 cm³/mol. The van der Waals surface area contributed by atoms with Gasteiger partial charge in [0.05, 0.1) is 12.3 Å². The summed E-state index contributed by atoms with van der Waals surface area (Å²) in [5, 5.41) is 0. The highest BCUT2D eigenvalue weighted by Gasteiger charge is 2.33. The first-order valence-electron chi connectivity index (χ1n) is 7.95. The summed E-state index contributed by atoms with van der Waals surface area (Å²) in [6, 6.07) is 4.65. The molecule has 2 fully saturated rings. The van der Waals surface area contributed by atoms with E-state index in [4.69, 9.17) is 10.5 Å². The number of nitrogens with two attached hydrogens (primary N) is 1. The second-order valence-corrected chi connectivity index (χ2v) is 5.94. The summed E-state index contributed by atoms with van der Waals surface area (Å²) in [6.45, 7) is 3.68. The van der Waals surface area contributed by atoms with Gasteiger partial charge in [-0.05, 0) is 50.7 Å². The Kier molecular flexibility index (Phi) is 3.99. The van der Waals surface area contributed by atoms with Gasteiger partial charge in [0.2, 0.25) is 5.88 Å². The minimum Gasteiger partial charge on any atom is -0.476 e. The van der Waals surface area contributed by atoms with Crippen molar-refractivity contribution in [1.82, 2.24) is 4.98 Å². The average Bonchev–Trinajstić information content (AvgIpc) is 2.49. The van der Waals surface area contributed by atoms with Gasteiger partial charge in [-0.3, -0.25) is 0 Å². The monoisotopic (exact) mass is 275 g/mol. The standard InChI is InChI=1S/C16H25N3O/c1-2-20-16-13(17)9-10-15(18-16)19-11-5-7-12-6-3-4-8-14(12)19/h9-10,12,14H,2-8,11,17H2,1H3/t12-,14-/m1/s1. The fraction of sp³-hybridized carbons (Fsp3) is 0.688. The summed E-state index contributed by atoms with van der Waals surface area (Å²) in [4.78, 5) is 7.15. The number of ether oxygens (including phenoxy) is 1. The van der Waals surface area contributed by atoms with Crippen LogP contribution in [0.2, 0.25) is 0 Å². The maximum atomic E-state index is 5.93. The molecule has 0 unspecified atom stereocenters. The zero-order valence-electron chi connectivity index (χ0n) is 12.3. The minimum absolute atomic E-state index is 0.586. The van der Waals surface area contributed by atoms with Crippen molar-refractivity contribution in [1.29, 1.82) is 0 Å². The zero-order valence-corrected chi connectivity index (χ0v) is 12.3. The molecule has 1 aromatic heterocycles. The molecule has 0 bridgehead atoms. The van der Waals surface area contributed by atoms with E-state index in [2.05, 4.69) is 16.0 Å². The first-order chi connectivity index (χ1) is 9.79. The van der Waals surface area contributed by atoms with Gasteiger partial charge in [0.1, 0.15) is 5.82 Å². The number of aromatic nitrogens is 1. The molecule has 1 aliphatic carbocycles. The molecule has 0 spiro atoms. The van der Waals surface area contributed by atoms with Crippen molar-refractivity contribution in [2.24, 2.45) is 5.92 Å². The number of hydrogen-bond acceptors (Lipinski definition) is 4. The van der Waals surface area contributed by atoms with E-state index in [0.717, 1.165) is 18.3 Å². The summed E-state index contributed by atoms with van der Waals surface area (Å²) in [7, 11) is 0. The molecule has 2 N–H and O–H groups in total. The molecule has 1 saturated carbocycles. The molecule has 110 valence electrons. The van der Waals surface area contributed by atoms with Crippen LogP contribution in [0.4, 0.5) is 11.5 Å². The second-order valence-electron chi connectivity index (χ2n) is 5.94. The first-order valence-corrected chi connectivity index (χ1v) is 7.95. The number of fused-ring (bicyclic) bond motifs is 1. The minimum atomic E-state index is 0.586. The Labute approximate surface area is 121 Å². The third kappa shape index (κ3) is 2.56. The van der Waals surface area contributed by atoms with E-state index in [-0.39, 0.29) is 0 Å². The maximum absolute atomic E-state index is 5.93. The molecule has 2 atom stereocenters. The Morgan fingerprint density at radius 1 is 1.25 bits per heavy atom. The molecule has 3 rings (SSSR count). The lowest BCUT2D eigenvalue weighted by atomic mass is 9.78. The summed E-state index contributed by atoms with van der Waals surface area (Å²) in [6.07, 6.45) is 8.10. The molecule has 20 heavy (non-hydrogen) atoms. The number of nitrogen functional groups attached to an aromatic ring is 1. The van der Waals surface area contributed by atoms with Gasteiger partial charge in [0.15, 0.2) is 0 Å². The van der Waals surface area contributed by atoms with E-state index >= 15 is 0 Å². The summed E-state index contributed by atoms with van der Waals surface area (Å²) >= 11 is 0. The van der Waals surface area contributed by atoms with Crippen LogP contribution in [0.15, 0.2) is 12.1 Å². The Morgan fingerprint density at radius 2 is 2.05 bits per heavy atom. The fourth-order valence-corrected chi connectivity index (χ4v) is 3.76. The van der Waals surface area contributed by atoms with Crippen LogP contribution in [-0.2, 0) is 0 Å². The normalized spacial score (nSPS) is 26.1. The zero-order chi connectivity index (χ0) is 13.9. The van der Waals surface area contributed by atoms with Crippen molar-refractivity contribution in [2.75, 3.05) is 23.8 Å². The Balaban J connectivity index is 1.85. The lowest BCUT2D eigenvalue weighted by Gasteiger charge is -2.44. The van der Waals surface area contributed by atoms with Crippen LogP contribution in [-0.4, -0.2) is 24.2 Å². The lowest BCUT2D eigenvalue weighted by molar-refractivity contribution is 0.242. The number of anilines is 2. The van der Waals surface area contributed by atoms with Gasteiger partial charge in [-0.2, -0.15) is 4.98 Å². The van der Waals surface area contributed by atoms with Crippen LogP contribution < -0.4 is 15.4 Å². The van der Waals surface area contributed by atoms with Crippen LogP contribution in [0, 0.1) is 5.92 Å². The molecule has 0 amide bonds. The van der Waals surface area contributed by atoms with Crippen molar-refractivity contribution in [3.8, 4) is 5.88 Å². The molecule has 1 saturated heterocycles. The first kappa shape index (κ1) is 13.5. The fourth-order valence-electron chi connectivity index (χ4n) is 3.76. The molecule has 4 nitrogen and oxygen atoms in total. The van der Waals surface area contributed by atoms with Gasteiger partial charge in [0, 0.05) is 12.6 Å². The number of pyridine rings is 1. The number of nitrogens with zero attached hydrogens (tertiary/aromatic N) is 2. The van der Waals surface area contributed by atoms with Gasteiger partial charge in [-0.15, -0.1) is 0 Å². The second kappa shape index (κ2) is 5.90. The van der Waals surface area contributed by atoms with Gasteiger partial charge in [-0.1, -0.05) is 12.8 Å². The molecular weight excluding hydrogens is 250 g/mol. The van der Waals surface area contributed by atoms with Crippen molar-refractivity contribution >= 4 is 11.5 Å². The van der Waals surface area contributed by atoms with Crippen LogP contribution in [0.1, 0.15) is 45.4 Å². The third-order valence-electron chi connectivity index (χ3n) is 4.69. The molecule has 2 aliphatic rings. The quantitative estimate of drug-likeness (QED) is 0.920. The number of piperidine rings is 1. The molecule has 1 aromatic rings. The molecule has 2 heterocycles. The molecule has 0 radical (unpaired) electrons. The van der Waals surface area contributed by atoms with Gasteiger partial charge >= 0.3 is 0 Å². The Morgan fingerprint density at radius 3 is 2.90 bits per heavy atom. The third-order valence-corrected chi connectivity index (χ3v) is 4.69. The van der Waals surface area contributed by atoms with Gasteiger partial charge in [0.25, 0.3) is 0 Å². The highest BCUT2D eigenvalue weighted by Crippen LogP contribution is 2.38. The average molecular weight is 275 g/mol. The largest absolute Gasteiger partial charge is 0.476 e. The molecule has 4 heteroatoms. The van der Waals surface area contributed by atoms with Crippen LogP contribution in [0.25, 0.3) is 0 Å². The summed E-state index contributed by atoms with van der Waals surface area (Å²) < 4.78 is 5.54. The molecule has 1 aliphatic heterocycles. The van der Waals surface area contributed by atoms with E-state index in [1.54, 1.807) is 0 Å². The summed E-state index contributed by atoms with van der Waals surface area (Å²) in [5.74, 6) is 2.48. The van der Waals surface area contributed by atoms with E-state index < -0.39 is 0 Å². The van der Waals surface area contributed by atoms with Gasteiger partial charge < -0.3 is 15.4 Å². The van der Waals surface area contributed by atoms with Crippen molar-refractivity contribution in [3.63, 3.8) is 0 Å². The predicted octanol–water partition coefficient (Wildman–Crippen LogP) is 3.22. The molecule has 0 aromatic carbocycles. The van der Waals surface area contributed by atoms with Crippen molar-refractivity contribution in [2.45, 2.75) is 51.5 Å². The molecular formula is C16H25N3O. The Bertz CT molecular complexity index is 461. The van der Waals surface area contributed by atoms with E-state index in [0.29, 0.717) is 24.2 Å².